The van der Waals surface area contributed by atoms with Crippen molar-refractivity contribution in [2.24, 2.45) is 0 Å². The second-order valence-electron chi connectivity index (χ2n) is 4.74. The molecule has 1 N–H and O–H groups in total. The maximum atomic E-state index is 11.2. The molecule has 0 aromatic heterocycles. The minimum Gasteiger partial charge on any atom is -0.352 e. The molecule has 1 atom stereocenters. The van der Waals surface area contributed by atoms with Gasteiger partial charge in [-0.2, -0.15) is 0 Å². The van der Waals surface area contributed by atoms with Crippen LogP contribution in [0.15, 0.2) is 30.3 Å². The van der Waals surface area contributed by atoms with E-state index in [0.717, 1.165) is 13.0 Å². The van der Waals surface area contributed by atoms with Crippen LogP contribution in [0, 0.1) is 0 Å². The van der Waals surface area contributed by atoms with Gasteiger partial charge in [-0.25, -0.2) is 0 Å². The molecule has 1 amide bonds. The van der Waals surface area contributed by atoms with Gasteiger partial charge in [0.15, 0.2) is 0 Å². The number of amides is 1. The summed E-state index contributed by atoms with van der Waals surface area (Å²) in [5, 5.41) is 3.05. The summed E-state index contributed by atoms with van der Waals surface area (Å²) in [6, 6.07) is 10.6. The largest absolute Gasteiger partial charge is 0.352 e. The summed E-state index contributed by atoms with van der Waals surface area (Å²) >= 11 is 0. The zero-order valence-corrected chi connectivity index (χ0v) is 10.4. The SMILES string of the molecule is CC(=O)N[C@@H](Cc1ccccc1)CN1CCC1. The van der Waals surface area contributed by atoms with E-state index < -0.39 is 0 Å². The molecule has 1 saturated heterocycles. The highest BCUT2D eigenvalue weighted by Gasteiger charge is 2.19. The molecule has 1 aromatic rings. The Kier molecular flexibility index (Phi) is 4.15. The van der Waals surface area contributed by atoms with E-state index in [1.807, 2.05) is 18.2 Å². The first-order valence-electron chi connectivity index (χ1n) is 6.27. The molecule has 0 radical (unpaired) electrons. The van der Waals surface area contributed by atoms with Crippen LogP contribution in [0.25, 0.3) is 0 Å². The van der Waals surface area contributed by atoms with Gasteiger partial charge in [-0.1, -0.05) is 30.3 Å². The number of hydrogen-bond donors (Lipinski definition) is 1. The fraction of sp³-hybridized carbons (Fsp3) is 0.500. The molecule has 1 heterocycles. The van der Waals surface area contributed by atoms with E-state index >= 15 is 0 Å². The number of nitrogens with zero attached hydrogens (tertiary/aromatic N) is 1. The Balaban J connectivity index is 1.91. The van der Waals surface area contributed by atoms with E-state index in [9.17, 15) is 4.79 Å². The van der Waals surface area contributed by atoms with Crippen LogP contribution in [0.1, 0.15) is 18.9 Å². The van der Waals surface area contributed by atoms with Gasteiger partial charge < -0.3 is 10.2 Å². The minimum absolute atomic E-state index is 0.0615. The number of rotatable bonds is 5. The molecule has 2 rings (SSSR count). The molecule has 3 nitrogen and oxygen atoms in total. The minimum atomic E-state index is 0.0615. The number of nitrogens with one attached hydrogen (secondary N) is 1. The first-order valence-corrected chi connectivity index (χ1v) is 6.27. The highest BCUT2D eigenvalue weighted by atomic mass is 16.1. The van der Waals surface area contributed by atoms with Crippen molar-refractivity contribution in [2.45, 2.75) is 25.8 Å². The fourth-order valence-electron chi connectivity index (χ4n) is 2.22. The summed E-state index contributed by atoms with van der Waals surface area (Å²) in [5.74, 6) is 0.0615. The van der Waals surface area contributed by atoms with E-state index in [0.29, 0.717) is 0 Å². The molecule has 0 saturated carbocycles. The summed E-state index contributed by atoms with van der Waals surface area (Å²) in [5.41, 5.74) is 1.28. The highest BCUT2D eigenvalue weighted by molar-refractivity contribution is 5.73. The third kappa shape index (κ3) is 3.86. The molecule has 1 aliphatic heterocycles. The fourth-order valence-corrected chi connectivity index (χ4v) is 2.22. The van der Waals surface area contributed by atoms with Crippen LogP contribution in [-0.2, 0) is 11.2 Å². The van der Waals surface area contributed by atoms with E-state index in [1.165, 1.54) is 25.1 Å². The van der Waals surface area contributed by atoms with Crippen LogP contribution in [0.3, 0.4) is 0 Å². The number of benzene rings is 1. The Bertz CT molecular complexity index is 360. The molecular weight excluding hydrogens is 212 g/mol. The van der Waals surface area contributed by atoms with E-state index in [-0.39, 0.29) is 11.9 Å². The van der Waals surface area contributed by atoms with Crippen molar-refractivity contribution in [3.05, 3.63) is 35.9 Å². The van der Waals surface area contributed by atoms with Gasteiger partial charge in [0.2, 0.25) is 5.91 Å². The molecule has 1 aromatic carbocycles. The van der Waals surface area contributed by atoms with Crippen molar-refractivity contribution in [3.63, 3.8) is 0 Å². The summed E-state index contributed by atoms with van der Waals surface area (Å²) < 4.78 is 0. The monoisotopic (exact) mass is 232 g/mol. The van der Waals surface area contributed by atoms with Crippen LogP contribution in [0.2, 0.25) is 0 Å². The average molecular weight is 232 g/mol. The molecular formula is C14H20N2O. The Labute approximate surface area is 103 Å². The standard InChI is InChI=1S/C14H20N2O/c1-12(17)15-14(11-16-8-5-9-16)10-13-6-3-2-4-7-13/h2-4,6-7,14H,5,8-11H2,1H3,(H,15,17)/t14-/m0/s1. The predicted molar refractivity (Wildman–Crippen MR) is 68.8 cm³/mol. The van der Waals surface area contributed by atoms with Gasteiger partial charge >= 0.3 is 0 Å². The Hall–Kier alpha value is -1.35. The third-order valence-electron chi connectivity index (χ3n) is 3.16. The third-order valence-corrected chi connectivity index (χ3v) is 3.16. The van der Waals surface area contributed by atoms with Gasteiger partial charge in [-0.05, 0) is 31.5 Å². The predicted octanol–water partition coefficient (Wildman–Crippen LogP) is 1.44. The van der Waals surface area contributed by atoms with Crippen LogP contribution < -0.4 is 5.32 Å². The molecule has 17 heavy (non-hydrogen) atoms. The maximum absolute atomic E-state index is 11.2. The van der Waals surface area contributed by atoms with E-state index in [2.05, 4.69) is 22.3 Å². The first-order chi connectivity index (χ1) is 8.24. The summed E-state index contributed by atoms with van der Waals surface area (Å²) in [6.45, 7) is 4.90. The molecule has 1 fully saturated rings. The van der Waals surface area contributed by atoms with Crippen molar-refractivity contribution in [1.29, 1.82) is 0 Å². The zero-order chi connectivity index (χ0) is 12.1. The van der Waals surface area contributed by atoms with Crippen molar-refractivity contribution in [2.75, 3.05) is 19.6 Å². The number of hydrogen-bond acceptors (Lipinski definition) is 2. The lowest BCUT2D eigenvalue weighted by Gasteiger charge is -2.34. The van der Waals surface area contributed by atoms with Crippen molar-refractivity contribution >= 4 is 5.91 Å². The quantitative estimate of drug-likeness (QED) is 0.833. The van der Waals surface area contributed by atoms with Crippen molar-refractivity contribution in [1.82, 2.24) is 10.2 Å². The Morgan fingerprint density at radius 1 is 1.35 bits per heavy atom. The lowest BCUT2D eigenvalue weighted by molar-refractivity contribution is -0.119. The first kappa shape index (κ1) is 12.1. The van der Waals surface area contributed by atoms with Gasteiger partial charge in [0.25, 0.3) is 0 Å². The summed E-state index contributed by atoms with van der Waals surface area (Å²) in [6.07, 6.45) is 2.20. The number of carbonyl (C=O) groups excluding carboxylic acids is 1. The van der Waals surface area contributed by atoms with Crippen molar-refractivity contribution < 1.29 is 4.79 Å². The van der Waals surface area contributed by atoms with Crippen LogP contribution in [-0.4, -0.2) is 36.5 Å². The number of likely N-dealkylation sites (tertiary alicyclic amines) is 1. The highest BCUT2D eigenvalue weighted by Crippen LogP contribution is 2.10. The maximum Gasteiger partial charge on any atom is 0.217 e. The van der Waals surface area contributed by atoms with Crippen molar-refractivity contribution in [3.8, 4) is 0 Å². The molecule has 3 heteroatoms. The second-order valence-corrected chi connectivity index (χ2v) is 4.74. The number of carbonyl (C=O) groups is 1. The topological polar surface area (TPSA) is 32.3 Å². The average Bonchev–Trinajstić information content (AvgIpc) is 2.24. The molecule has 1 aliphatic rings. The van der Waals surface area contributed by atoms with Crippen LogP contribution >= 0.6 is 0 Å². The summed E-state index contributed by atoms with van der Waals surface area (Å²) in [4.78, 5) is 13.6. The molecule has 92 valence electrons. The Morgan fingerprint density at radius 2 is 2.06 bits per heavy atom. The van der Waals surface area contributed by atoms with Crippen LogP contribution in [0.4, 0.5) is 0 Å². The van der Waals surface area contributed by atoms with Gasteiger partial charge in [-0.15, -0.1) is 0 Å². The van der Waals surface area contributed by atoms with Gasteiger partial charge in [-0.3, -0.25) is 4.79 Å². The Morgan fingerprint density at radius 3 is 2.59 bits per heavy atom. The van der Waals surface area contributed by atoms with Gasteiger partial charge in [0, 0.05) is 19.5 Å². The summed E-state index contributed by atoms with van der Waals surface area (Å²) in [7, 11) is 0. The van der Waals surface area contributed by atoms with E-state index in [4.69, 9.17) is 0 Å². The normalized spacial score (nSPS) is 17.2. The van der Waals surface area contributed by atoms with Crippen LogP contribution in [0.5, 0.6) is 0 Å². The van der Waals surface area contributed by atoms with Gasteiger partial charge in [0.05, 0.1) is 0 Å². The molecule has 0 spiro atoms. The lowest BCUT2D eigenvalue weighted by atomic mass is 10.0. The van der Waals surface area contributed by atoms with E-state index in [1.54, 1.807) is 6.92 Å². The molecule has 0 bridgehead atoms. The molecule has 0 unspecified atom stereocenters. The zero-order valence-electron chi connectivity index (χ0n) is 10.4. The molecule has 0 aliphatic carbocycles. The second kappa shape index (κ2) is 5.82. The lowest BCUT2D eigenvalue weighted by Crippen LogP contribution is -2.48. The van der Waals surface area contributed by atoms with Gasteiger partial charge in [0.1, 0.15) is 0 Å². The smallest absolute Gasteiger partial charge is 0.217 e.